The molecule has 1 fully saturated rings. The number of nitrogens with one attached hydrogen (secondary N) is 1. The van der Waals surface area contributed by atoms with Gasteiger partial charge in [0.25, 0.3) is 0 Å². The van der Waals surface area contributed by atoms with Crippen LogP contribution in [0.1, 0.15) is 18.4 Å². The number of likely N-dealkylation sites (tertiary alicyclic amines) is 1. The lowest BCUT2D eigenvalue weighted by atomic mass is 9.96. The van der Waals surface area contributed by atoms with Crippen molar-refractivity contribution in [2.45, 2.75) is 19.4 Å². The standard InChI is InChI=1S/C20H24FN3O2/c1-26-17-7-8-18(22)19(11-17)23-20(25)15-5-3-9-24(13-15)12-14-4-2-6-16(21)10-14/h2,4,6-8,10-11,15H,3,5,9,12-13,22H2,1H3,(H,23,25). The number of nitrogen functional groups attached to an aromatic ring is 1. The molecule has 138 valence electrons. The molecular weight excluding hydrogens is 333 g/mol. The number of halogens is 1. The van der Waals surface area contributed by atoms with Crippen molar-refractivity contribution in [1.29, 1.82) is 0 Å². The van der Waals surface area contributed by atoms with E-state index in [2.05, 4.69) is 10.2 Å². The van der Waals surface area contributed by atoms with Crippen LogP contribution in [0.2, 0.25) is 0 Å². The number of rotatable bonds is 5. The normalized spacial score (nSPS) is 17.7. The van der Waals surface area contributed by atoms with E-state index in [-0.39, 0.29) is 17.6 Å². The van der Waals surface area contributed by atoms with E-state index >= 15 is 0 Å². The van der Waals surface area contributed by atoms with Gasteiger partial charge in [-0.05, 0) is 49.2 Å². The number of hydrogen-bond acceptors (Lipinski definition) is 4. The highest BCUT2D eigenvalue weighted by atomic mass is 19.1. The van der Waals surface area contributed by atoms with Crippen LogP contribution < -0.4 is 15.8 Å². The van der Waals surface area contributed by atoms with Crippen molar-refractivity contribution in [3.63, 3.8) is 0 Å². The molecule has 0 bridgehead atoms. The van der Waals surface area contributed by atoms with E-state index < -0.39 is 0 Å². The molecule has 1 amide bonds. The third kappa shape index (κ3) is 4.52. The second kappa shape index (κ2) is 8.19. The van der Waals surface area contributed by atoms with Crippen molar-refractivity contribution in [3.05, 3.63) is 53.8 Å². The number of nitrogens with two attached hydrogens (primary N) is 1. The summed E-state index contributed by atoms with van der Waals surface area (Å²) in [5.74, 6) is 0.241. The molecule has 0 saturated carbocycles. The van der Waals surface area contributed by atoms with Crippen molar-refractivity contribution in [2.75, 3.05) is 31.2 Å². The Balaban J connectivity index is 1.63. The fourth-order valence-electron chi connectivity index (χ4n) is 3.31. The second-order valence-electron chi connectivity index (χ2n) is 6.65. The lowest BCUT2D eigenvalue weighted by Gasteiger charge is -2.32. The number of anilines is 2. The van der Waals surface area contributed by atoms with Gasteiger partial charge in [0.15, 0.2) is 0 Å². The molecule has 1 atom stereocenters. The highest BCUT2D eigenvalue weighted by molar-refractivity contribution is 5.95. The summed E-state index contributed by atoms with van der Waals surface area (Å²) in [6, 6.07) is 11.8. The summed E-state index contributed by atoms with van der Waals surface area (Å²) >= 11 is 0. The molecule has 1 unspecified atom stereocenters. The molecule has 1 saturated heterocycles. The minimum absolute atomic E-state index is 0.0473. The molecular formula is C20H24FN3O2. The van der Waals surface area contributed by atoms with Gasteiger partial charge >= 0.3 is 0 Å². The van der Waals surface area contributed by atoms with Gasteiger partial charge in [0.1, 0.15) is 11.6 Å². The number of hydrogen-bond donors (Lipinski definition) is 2. The Morgan fingerprint density at radius 2 is 2.19 bits per heavy atom. The van der Waals surface area contributed by atoms with Crippen LogP contribution in [0.5, 0.6) is 5.75 Å². The summed E-state index contributed by atoms with van der Waals surface area (Å²) in [5.41, 5.74) is 7.94. The molecule has 1 aliphatic rings. The van der Waals surface area contributed by atoms with Crippen LogP contribution in [0.25, 0.3) is 0 Å². The Bertz CT molecular complexity index is 781. The van der Waals surface area contributed by atoms with Crippen LogP contribution >= 0.6 is 0 Å². The highest BCUT2D eigenvalue weighted by Gasteiger charge is 2.26. The third-order valence-corrected chi connectivity index (χ3v) is 4.69. The first-order valence-electron chi connectivity index (χ1n) is 8.76. The molecule has 0 aromatic heterocycles. The maximum absolute atomic E-state index is 13.4. The third-order valence-electron chi connectivity index (χ3n) is 4.69. The van der Waals surface area contributed by atoms with E-state index in [1.807, 2.05) is 6.07 Å². The summed E-state index contributed by atoms with van der Waals surface area (Å²) in [6.07, 6.45) is 1.76. The molecule has 3 N–H and O–H groups in total. The quantitative estimate of drug-likeness (QED) is 0.806. The summed E-state index contributed by atoms with van der Waals surface area (Å²) in [4.78, 5) is 14.9. The summed E-state index contributed by atoms with van der Waals surface area (Å²) in [6.45, 7) is 2.19. The summed E-state index contributed by atoms with van der Waals surface area (Å²) < 4.78 is 18.5. The van der Waals surface area contributed by atoms with Crippen LogP contribution in [-0.4, -0.2) is 31.0 Å². The molecule has 3 rings (SSSR count). The van der Waals surface area contributed by atoms with Crippen molar-refractivity contribution in [3.8, 4) is 5.75 Å². The van der Waals surface area contributed by atoms with Gasteiger partial charge < -0.3 is 15.8 Å². The molecule has 1 heterocycles. The van der Waals surface area contributed by atoms with Gasteiger partial charge in [-0.1, -0.05) is 12.1 Å². The maximum atomic E-state index is 13.4. The molecule has 2 aromatic carbocycles. The van der Waals surface area contributed by atoms with Crippen molar-refractivity contribution < 1.29 is 13.9 Å². The Labute approximate surface area is 152 Å². The molecule has 5 nitrogen and oxygen atoms in total. The number of ether oxygens (including phenoxy) is 1. The van der Waals surface area contributed by atoms with Crippen LogP contribution in [0.4, 0.5) is 15.8 Å². The first kappa shape index (κ1) is 18.2. The van der Waals surface area contributed by atoms with Crippen LogP contribution in [-0.2, 0) is 11.3 Å². The molecule has 0 radical (unpaired) electrons. The zero-order chi connectivity index (χ0) is 18.5. The van der Waals surface area contributed by atoms with Gasteiger partial charge in [0.2, 0.25) is 5.91 Å². The Morgan fingerprint density at radius 1 is 1.35 bits per heavy atom. The fraction of sp³-hybridized carbons (Fsp3) is 0.350. The smallest absolute Gasteiger partial charge is 0.228 e. The average molecular weight is 357 g/mol. The lowest BCUT2D eigenvalue weighted by Crippen LogP contribution is -2.40. The minimum Gasteiger partial charge on any atom is -0.497 e. The summed E-state index contributed by atoms with van der Waals surface area (Å²) in [7, 11) is 1.57. The Morgan fingerprint density at radius 3 is 2.96 bits per heavy atom. The summed E-state index contributed by atoms with van der Waals surface area (Å²) in [5, 5.41) is 2.92. The predicted octanol–water partition coefficient (Wildman–Crippen LogP) is 3.27. The number of nitrogens with zero attached hydrogens (tertiary/aromatic N) is 1. The molecule has 6 heteroatoms. The highest BCUT2D eigenvalue weighted by Crippen LogP contribution is 2.26. The minimum atomic E-state index is -0.234. The molecule has 26 heavy (non-hydrogen) atoms. The van der Waals surface area contributed by atoms with E-state index in [4.69, 9.17) is 10.5 Å². The van der Waals surface area contributed by atoms with Gasteiger partial charge in [0.05, 0.1) is 24.4 Å². The number of methoxy groups -OCH3 is 1. The zero-order valence-electron chi connectivity index (χ0n) is 14.9. The van der Waals surface area contributed by atoms with E-state index in [9.17, 15) is 9.18 Å². The first-order chi connectivity index (χ1) is 12.5. The largest absolute Gasteiger partial charge is 0.497 e. The number of benzene rings is 2. The number of piperidine rings is 1. The Kier molecular flexibility index (Phi) is 5.73. The lowest BCUT2D eigenvalue weighted by molar-refractivity contribution is -0.121. The van der Waals surface area contributed by atoms with Gasteiger partial charge in [-0.2, -0.15) is 0 Å². The molecule has 1 aliphatic heterocycles. The van der Waals surface area contributed by atoms with Crippen molar-refractivity contribution in [1.82, 2.24) is 4.90 Å². The molecule has 2 aromatic rings. The zero-order valence-corrected chi connectivity index (χ0v) is 14.9. The number of amides is 1. The van der Waals surface area contributed by atoms with Crippen LogP contribution in [0, 0.1) is 11.7 Å². The SMILES string of the molecule is COc1ccc(N)c(NC(=O)C2CCCN(Cc3cccc(F)c3)C2)c1. The van der Waals surface area contributed by atoms with E-state index in [0.29, 0.717) is 30.2 Å². The number of carbonyl (C=O) groups excluding carboxylic acids is 1. The van der Waals surface area contributed by atoms with Crippen LogP contribution in [0.15, 0.2) is 42.5 Å². The topological polar surface area (TPSA) is 67.6 Å². The second-order valence-corrected chi connectivity index (χ2v) is 6.65. The van der Waals surface area contributed by atoms with Gasteiger partial charge in [0, 0.05) is 19.2 Å². The van der Waals surface area contributed by atoms with Crippen LogP contribution in [0.3, 0.4) is 0 Å². The van der Waals surface area contributed by atoms with Gasteiger partial charge in [-0.25, -0.2) is 4.39 Å². The Hall–Kier alpha value is -2.60. The predicted molar refractivity (Wildman–Crippen MR) is 100 cm³/mol. The van der Waals surface area contributed by atoms with Crippen molar-refractivity contribution in [2.24, 2.45) is 5.92 Å². The average Bonchev–Trinajstić information content (AvgIpc) is 2.64. The van der Waals surface area contributed by atoms with E-state index in [1.54, 1.807) is 37.4 Å². The van der Waals surface area contributed by atoms with E-state index in [1.165, 1.54) is 6.07 Å². The molecule has 0 aliphatic carbocycles. The monoisotopic (exact) mass is 357 g/mol. The first-order valence-corrected chi connectivity index (χ1v) is 8.76. The number of carbonyl (C=O) groups is 1. The maximum Gasteiger partial charge on any atom is 0.228 e. The van der Waals surface area contributed by atoms with Gasteiger partial charge in [-0.3, -0.25) is 9.69 Å². The fourth-order valence-corrected chi connectivity index (χ4v) is 3.31. The molecule has 0 spiro atoms. The van der Waals surface area contributed by atoms with Gasteiger partial charge in [-0.15, -0.1) is 0 Å². The van der Waals surface area contributed by atoms with Crippen molar-refractivity contribution >= 4 is 17.3 Å². The van der Waals surface area contributed by atoms with E-state index in [0.717, 1.165) is 24.9 Å².